The average molecular weight is 667 g/mol. The Morgan fingerprint density at radius 2 is 1.85 bits per heavy atom. The number of fused-ring (bicyclic) bond motifs is 1. The van der Waals surface area contributed by atoms with Crippen LogP contribution in [-0.2, 0) is 10.2 Å². The van der Waals surface area contributed by atoms with Crippen LogP contribution in [0.2, 0.25) is 0 Å². The topological polar surface area (TPSA) is 110 Å². The number of anilines is 1. The lowest BCUT2D eigenvalue weighted by atomic mass is 9.85. The van der Waals surface area contributed by atoms with E-state index in [0.29, 0.717) is 23.0 Å². The van der Waals surface area contributed by atoms with Crippen molar-refractivity contribution in [1.82, 2.24) is 24.5 Å². The number of carbonyl (C=O) groups is 1. The van der Waals surface area contributed by atoms with E-state index in [1.807, 2.05) is 16.9 Å². The van der Waals surface area contributed by atoms with Crippen molar-refractivity contribution in [3.8, 4) is 11.1 Å². The molecule has 0 bridgehead atoms. The highest BCUT2D eigenvalue weighted by Gasteiger charge is 2.35. The summed E-state index contributed by atoms with van der Waals surface area (Å²) in [6.45, 7) is 6.17. The number of benzene rings is 2. The summed E-state index contributed by atoms with van der Waals surface area (Å²) < 4.78 is 72.5. The predicted molar refractivity (Wildman–Crippen MR) is 174 cm³/mol. The van der Waals surface area contributed by atoms with Crippen LogP contribution < -0.4 is 10.0 Å². The van der Waals surface area contributed by atoms with Gasteiger partial charge in [0.05, 0.1) is 11.3 Å². The van der Waals surface area contributed by atoms with Crippen LogP contribution in [0.1, 0.15) is 53.6 Å². The van der Waals surface area contributed by atoms with Crippen LogP contribution in [0.3, 0.4) is 0 Å². The second-order valence-electron chi connectivity index (χ2n) is 12.9. The molecule has 13 heteroatoms. The highest BCUT2D eigenvalue weighted by atomic mass is 32.2. The molecule has 5 heterocycles. The lowest BCUT2D eigenvalue weighted by Crippen LogP contribution is -2.53. The number of rotatable bonds is 11. The molecular formula is C34H37F3N6O3S. The maximum Gasteiger partial charge on any atom is 0.301 e. The molecule has 2 atom stereocenters. The standard InChI is InChI=1S/C34H37F3N6O3S/c1-2-26(11-20-13-38-14-20)42-17-24(18-42)22-5-3-21(4-6-22)23-12-27-28(16-40-34(27)39-15-23)33(44)31-29(36)7-8-30(32(31)37)41-47(45,46)43-10-9-25(35)19-43/h3-8,12,15-16,20,24-26,38,41H,2,9-11,13-14,17-19H2,1H3,(H,39,40)/t25-,26?/m1/s1. The van der Waals surface area contributed by atoms with Gasteiger partial charge in [0.25, 0.3) is 0 Å². The number of nitrogens with one attached hydrogen (secondary N) is 3. The van der Waals surface area contributed by atoms with Gasteiger partial charge in [-0.1, -0.05) is 31.2 Å². The molecule has 4 aromatic rings. The van der Waals surface area contributed by atoms with E-state index < -0.39 is 45.0 Å². The van der Waals surface area contributed by atoms with Crippen molar-refractivity contribution in [2.45, 2.75) is 44.3 Å². The van der Waals surface area contributed by atoms with E-state index in [4.69, 9.17) is 0 Å². The molecule has 0 saturated carbocycles. The maximum absolute atomic E-state index is 15.6. The van der Waals surface area contributed by atoms with Crippen LogP contribution in [0.25, 0.3) is 22.2 Å². The van der Waals surface area contributed by atoms with E-state index in [1.165, 1.54) is 18.2 Å². The Balaban J connectivity index is 1.09. The van der Waals surface area contributed by atoms with Crippen LogP contribution >= 0.6 is 0 Å². The third-order valence-electron chi connectivity index (χ3n) is 9.85. The Kier molecular flexibility index (Phi) is 8.58. The van der Waals surface area contributed by atoms with Crippen LogP contribution in [0.4, 0.5) is 18.9 Å². The van der Waals surface area contributed by atoms with Crippen LogP contribution in [0, 0.1) is 17.6 Å². The largest absolute Gasteiger partial charge is 0.345 e. The van der Waals surface area contributed by atoms with Gasteiger partial charge in [0.2, 0.25) is 5.78 Å². The lowest BCUT2D eigenvalue weighted by Gasteiger charge is -2.46. The van der Waals surface area contributed by atoms with Crippen molar-refractivity contribution in [3.05, 3.63) is 83.2 Å². The van der Waals surface area contributed by atoms with Gasteiger partial charge in [0.1, 0.15) is 17.6 Å². The van der Waals surface area contributed by atoms with Crippen LogP contribution in [0.5, 0.6) is 0 Å². The number of halogens is 3. The van der Waals surface area contributed by atoms with E-state index in [1.54, 1.807) is 12.3 Å². The lowest BCUT2D eigenvalue weighted by molar-refractivity contribution is 0.0671. The molecule has 248 valence electrons. The molecule has 3 aliphatic rings. The number of hydrogen-bond donors (Lipinski definition) is 3. The molecule has 7 rings (SSSR count). The summed E-state index contributed by atoms with van der Waals surface area (Å²) in [6.07, 6.45) is 4.11. The normalized spacial score (nSPS) is 20.3. The van der Waals surface area contributed by atoms with E-state index in [-0.39, 0.29) is 25.1 Å². The van der Waals surface area contributed by atoms with Crippen molar-refractivity contribution in [2.24, 2.45) is 5.92 Å². The second-order valence-corrected chi connectivity index (χ2v) is 14.6. The van der Waals surface area contributed by atoms with Gasteiger partial charge in [-0.15, -0.1) is 0 Å². The molecule has 3 aliphatic heterocycles. The minimum absolute atomic E-state index is 0.0127. The monoisotopic (exact) mass is 666 g/mol. The summed E-state index contributed by atoms with van der Waals surface area (Å²) in [4.78, 5) is 23.5. The summed E-state index contributed by atoms with van der Waals surface area (Å²) in [7, 11) is -4.32. The van der Waals surface area contributed by atoms with Gasteiger partial charge in [-0.05, 0) is 67.6 Å². The zero-order valence-electron chi connectivity index (χ0n) is 26.0. The first-order valence-electron chi connectivity index (χ1n) is 16.1. The molecule has 0 aliphatic carbocycles. The Morgan fingerprint density at radius 1 is 1.09 bits per heavy atom. The molecule has 0 spiro atoms. The summed E-state index contributed by atoms with van der Waals surface area (Å²) in [5.41, 5.74) is 1.72. The molecule has 47 heavy (non-hydrogen) atoms. The Labute approximate surface area is 271 Å². The van der Waals surface area contributed by atoms with E-state index in [2.05, 4.69) is 39.2 Å². The molecule has 1 unspecified atom stereocenters. The quantitative estimate of drug-likeness (QED) is 0.189. The predicted octanol–water partition coefficient (Wildman–Crippen LogP) is 5.23. The molecule has 3 N–H and O–H groups in total. The van der Waals surface area contributed by atoms with Crippen molar-refractivity contribution < 1.29 is 26.4 Å². The zero-order valence-corrected chi connectivity index (χ0v) is 26.8. The SMILES string of the molecule is CCC(CC1CNC1)N1CC(c2ccc(-c3cnc4[nH]cc(C(=O)c5c(F)ccc(NS(=O)(=O)N6CC[C@@H](F)C6)c5F)c4c3)cc2)C1. The number of aromatic amines is 1. The number of ketones is 1. The van der Waals surface area contributed by atoms with E-state index >= 15 is 4.39 Å². The number of aromatic nitrogens is 2. The van der Waals surface area contributed by atoms with E-state index in [9.17, 15) is 22.0 Å². The molecule has 0 radical (unpaired) electrons. The highest BCUT2D eigenvalue weighted by Crippen LogP contribution is 2.34. The molecule has 0 amide bonds. The zero-order chi connectivity index (χ0) is 32.9. The summed E-state index contributed by atoms with van der Waals surface area (Å²) in [5.74, 6) is -2.21. The molecule has 2 aromatic carbocycles. The smallest absolute Gasteiger partial charge is 0.301 e. The average Bonchev–Trinajstić information content (AvgIpc) is 3.65. The summed E-state index contributed by atoms with van der Waals surface area (Å²) in [5, 5.41) is 3.73. The molecule has 3 fully saturated rings. The highest BCUT2D eigenvalue weighted by molar-refractivity contribution is 7.90. The number of H-pyrrole nitrogens is 1. The third kappa shape index (κ3) is 6.17. The summed E-state index contributed by atoms with van der Waals surface area (Å²) in [6, 6.07) is 12.4. The number of carbonyl (C=O) groups excluding carboxylic acids is 1. The Hall–Kier alpha value is -3.78. The molecule has 9 nitrogen and oxygen atoms in total. The fraction of sp³-hybridized carbons (Fsp3) is 0.412. The number of alkyl halides is 1. The van der Waals surface area contributed by atoms with Crippen molar-refractivity contribution >= 4 is 32.7 Å². The van der Waals surface area contributed by atoms with Gasteiger partial charge in [0.15, 0.2) is 5.82 Å². The fourth-order valence-electron chi connectivity index (χ4n) is 6.88. The first kappa shape index (κ1) is 31.8. The van der Waals surface area contributed by atoms with E-state index in [0.717, 1.165) is 66.1 Å². The first-order valence-corrected chi connectivity index (χ1v) is 17.5. The van der Waals surface area contributed by atoms with Gasteiger partial charge >= 0.3 is 10.2 Å². The number of likely N-dealkylation sites (tertiary alicyclic amines) is 1. The van der Waals surface area contributed by atoms with Crippen LogP contribution in [-0.4, -0.2) is 84.9 Å². The minimum Gasteiger partial charge on any atom is -0.345 e. The van der Waals surface area contributed by atoms with Gasteiger partial charge in [-0.25, -0.2) is 18.2 Å². The van der Waals surface area contributed by atoms with Gasteiger partial charge in [-0.2, -0.15) is 12.7 Å². The van der Waals surface area contributed by atoms with Crippen LogP contribution in [0.15, 0.2) is 54.9 Å². The molecule has 3 saturated heterocycles. The third-order valence-corrected chi connectivity index (χ3v) is 11.3. The molecule has 2 aromatic heterocycles. The van der Waals surface area contributed by atoms with Gasteiger partial charge in [0, 0.05) is 67.0 Å². The Bertz CT molecular complexity index is 1910. The van der Waals surface area contributed by atoms with Gasteiger partial charge in [-0.3, -0.25) is 14.4 Å². The maximum atomic E-state index is 15.6. The van der Waals surface area contributed by atoms with Crippen molar-refractivity contribution in [3.63, 3.8) is 0 Å². The number of pyridine rings is 1. The second kappa shape index (κ2) is 12.7. The van der Waals surface area contributed by atoms with Crippen molar-refractivity contribution in [1.29, 1.82) is 0 Å². The first-order chi connectivity index (χ1) is 22.6. The summed E-state index contributed by atoms with van der Waals surface area (Å²) >= 11 is 0. The fourth-order valence-corrected chi connectivity index (χ4v) is 8.14. The van der Waals surface area contributed by atoms with Crippen molar-refractivity contribution in [2.75, 3.05) is 44.0 Å². The minimum atomic E-state index is -4.32. The van der Waals surface area contributed by atoms with Gasteiger partial charge < -0.3 is 10.3 Å². The Morgan fingerprint density at radius 3 is 2.51 bits per heavy atom. The molecular weight excluding hydrogens is 629 g/mol. The number of nitrogens with zero attached hydrogens (tertiary/aromatic N) is 3. The number of hydrogen-bond acceptors (Lipinski definition) is 6.